The number of benzene rings is 2. The van der Waals surface area contributed by atoms with Crippen molar-refractivity contribution in [3.63, 3.8) is 0 Å². The third-order valence-corrected chi connectivity index (χ3v) is 5.12. The molecule has 10 nitrogen and oxygen atoms in total. The van der Waals surface area contributed by atoms with E-state index in [2.05, 4.69) is 58.1 Å². The van der Waals surface area contributed by atoms with E-state index < -0.39 is 18.0 Å². The average Bonchev–Trinajstić information content (AvgIpc) is 2.76. The summed E-state index contributed by atoms with van der Waals surface area (Å²) in [6.07, 6.45) is -1.05. The number of aliphatic imine (C=N–C) groups is 1. The molecular weight excluding hydrogens is 593 g/mol. The first-order valence-corrected chi connectivity index (χ1v) is 11.8. The van der Waals surface area contributed by atoms with E-state index in [4.69, 9.17) is 9.90 Å². The van der Waals surface area contributed by atoms with E-state index in [1.165, 1.54) is 18.2 Å². The first-order chi connectivity index (χ1) is 16.5. The van der Waals surface area contributed by atoms with Gasteiger partial charge in [0.05, 0.1) is 19.6 Å². The normalized spacial score (nSPS) is 14.4. The number of carbonyl (C=O) groups is 3. The Labute approximate surface area is 217 Å². The number of nitrogens with one attached hydrogen (secondary N) is 4. The maximum atomic E-state index is 13.1. The molecule has 2 aromatic rings. The van der Waals surface area contributed by atoms with Gasteiger partial charge in [-0.3, -0.25) is 14.4 Å². The van der Waals surface area contributed by atoms with Gasteiger partial charge in [-0.15, -0.1) is 0 Å². The average molecular weight is 617 g/mol. The van der Waals surface area contributed by atoms with E-state index in [-0.39, 0.29) is 36.9 Å². The molecule has 0 spiro atoms. The minimum atomic E-state index is -1.05. The molecule has 1 aliphatic heterocycles. The van der Waals surface area contributed by atoms with Crippen LogP contribution in [-0.4, -0.2) is 59.8 Å². The topological polar surface area (TPSA) is 152 Å². The Morgan fingerprint density at radius 1 is 1.11 bits per heavy atom. The summed E-state index contributed by atoms with van der Waals surface area (Å²) in [5.74, 6) is -1.50. The Balaban J connectivity index is 0.00000100. The molecular formula is C22H24Br2FN5O5. The van der Waals surface area contributed by atoms with Crippen LogP contribution in [0.3, 0.4) is 0 Å². The number of phenols is 1. The smallest absolute Gasteiger partial charge is 0.300 e. The van der Waals surface area contributed by atoms with E-state index in [1.54, 1.807) is 0 Å². The lowest BCUT2D eigenvalue weighted by molar-refractivity contribution is -0.134. The number of aromatic hydroxyl groups is 1. The molecule has 0 aliphatic carbocycles. The molecule has 188 valence electrons. The fraction of sp³-hybridized carbons (Fsp3) is 0.273. The van der Waals surface area contributed by atoms with Gasteiger partial charge < -0.3 is 31.5 Å². The van der Waals surface area contributed by atoms with Gasteiger partial charge in [-0.05, 0) is 35.9 Å². The molecule has 13 heteroatoms. The molecule has 0 bridgehead atoms. The number of anilines is 1. The molecule has 0 aromatic heterocycles. The zero-order valence-electron chi connectivity index (χ0n) is 18.6. The molecule has 6 N–H and O–H groups in total. The number of amides is 2. The molecule has 2 amide bonds. The number of phenolic OH excluding ortho intramolecular Hbond substituents is 1. The van der Waals surface area contributed by atoms with Crippen molar-refractivity contribution in [2.75, 3.05) is 25.0 Å². The SMILES string of the molecule is CC(=O)O.O=C(CNC(=O)c1cc(O)cc(NC2=NCC(F)CN2)c1)NCc1cc(Br)cc(Br)c1. The van der Waals surface area contributed by atoms with Crippen LogP contribution in [0.4, 0.5) is 10.1 Å². The standard InChI is InChI=1S/C20H20Br2FN5O3.C2H4O2/c21-13-1-11(2-14(22)5-13)7-24-18(30)10-25-19(31)12-3-16(6-17(29)4-12)28-20-26-8-15(23)9-27-20;1-2(3)4/h1-6,15,29H,7-10H2,(H,24,30)(H,25,31)(H2,26,27,28);1H3,(H,3,4). The van der Waals surface area contributed by atoms with Gasteiger partial charge in [0.25, 0.3) is 11.9 Å². The van der Waals surface area contributed by atoms with Crippen LogP contribution < -0.4 is 21.3 Å². The van der Waals surface area contributed by atoms with Crippen molar-refractivity contribution >= 4 is 61.3 Å². The van der Waals surface area contributed by atoms with Crippen molar-refractivity contribution in [1.82, 2.24) is 16.0 Å². The van der Waals surface area contributed by atoms with Gasteiger partial charge >= 0.3 is 0 Å². The summed E-state index contributed by atoms with van der Waals surface area (Å²) in [6, 6.07) is 9.83. The minimum absolute atomic E-state index is 0.0352. The highest BCUT2D eigenvalue weighted by Crippen LogP contribution is 2.21. The van der Waals surface area contributed by atoms with E-state index in [0.717, 1.165) is 21.4 Å². The maximum absolute atomic E-state index is 13.1. The van der Waals surface area contributed by atoms with Crippen LogP contribution >= 0.6 is 31.9 Å². The van der Waals surface area contributed by atoms with Crippen LogP contribution in [0, 0.1) is 0 Å². The molecule has 0 fully saturated rings. The maximum Gasteiger partial charge on any atom is 0.300 e. The molecule has 0 saturated heterocycles. The van der Waals surface area contributed by atoms with Gasteiger partial charge in [0.15, 0.2) is 5.96 Å². The van der Waals surface area contributed by atoms with Crippen LogP contribution in [0.1, 0.15) is 22.8 Å². The van der Waals surface area contributed by atoms with Crippen LogP contribution in [-0.2, 0) is 16.1 Å². The van der Waals surface area contributed by atoms with Gasteiger partial charge in [0.1, 0.15) is 11.9 Å². The summed E-state index contributed by atoms with van der Waals surface area (Å²) in [6.45, 7) is 1.33. The Morgan fingerprint density at radius 3 is 2.37 bits per heavy atom. The van der Waals surface area contributed by atoms with Crippen molar-refractivity contribution in [1.29, 1.82) is 0 Å². The molecule has 1 heterocycles. The number of halogens is 3. The number of carboxylic acid groups (broad SMARTS) is 1. The van der Waals surface area contributed by atoms with Gasteiger partial charge in [-0.2, -0.15) is 0 Å². The number of guanidine groups is 1. The lowest BCUT2D eigenvalue weighted by Gasteiger charge is -2.19. The Morgan fingerprint density at radius 2 is 1.77 bits per heavy atom. The van der Waals surface area contributed by atoms with Gasteiger partial charge in [0, 0.05) is 39.7 Å². The second-order valence-corrected chi connectivity index (χ2v) is 9.15. The van der Waals surface area contributed by atoms with Crippen LogP contribution in [0.25, 0.3) is 0 Å². The zero-order valence-corrected chi connectivity index (χ0v) is 21.7. The summed E-state index contributed by atoms with van der Waals surface area (Å²) >= 11 is 6.78. The fourth-order valence-corrected chi connectivity index (χ4v) is 4.18. The Bertz CT molecular complexity index is 1090. The summed E-state index contributed by atoms with van der Waals surface area (Å²) in [7, 11) is 0. The van der Waals surface area contributed by atoms with Gasteiger partial charge in [-0.25, -0.2) is 9.38 Å². The van der Waals surface area contributed by atoms with E-state index in [9.17, 15) is 19.1 Å². The van der Waals surface area contributed by atoms with E-state index >= 15 is 0 Å². The predicted octanol–water partition coefficient (Wildman–Crippen LogP) is 2.76. The largest absolute Gasteiger partial charge is 0.508 e. The number of alkyl halides is 1. The quantitative estimate of drug-likeness (QED) is 0.292. The number of carboxylic acids is 1. The molecule has 0 saturated carbocycles. The Kier molecular flexibility index (Phi) is 10.9. The highest BCUT2D eigenvalue weighted by atomic mass is 79.9. The van der Waals surface area contributed by atoms with Crippen molar-refractivity contribution in [3.8, 4) is 5.75 Å². The third-order valence-electron chi connectivity index (χ3n) is 4.20. The highest BCUT2D eigenvalue weighted by molar-refractivity contribution is 9.11. The number of carbonyl (C=O) groups excluding carboxylic acids is 2. The van der Waals surface area contributed by atoms with Crippen molar-refractivity contribution in [2.45, 2.75) is 19.6 Å². The molecule has 0 radical (unpaired) electrons. The second-order valence-electron chi connectivity index (χ2n) is 7.32. The molecule has 2 aromatic carbocycles. The van der Waals surface area contributed by atoms with Crippen molar-refractivity contribution in [3.05, 3.63) is 56.5 Å². The number of nitrogens with zero attached hydrogens (tertiary/aromatic N) is 1. The number of aliphatic carboxylic acids is 1. The first kappa shape index (κ1) is 28.1. The first-order valence-electron chi connectivity index (χ1n) is 10.2. The predicted molar refractivity (Wildman–Crippen MR) is 136 cm³/mol. The molecule has 1 aliphatic rings. The summed E-state index contributed by atoms with van der Waals surface area (Å²) in [5, 5.41) is 28.3. The van der Waals surface area contributed by atoms with E-state index in [0.29, 0.717) is 18.2 Å². The summed E-state index contributed by atoms with van der Waals surface area (Å²) in [5.41, 5.74) is 1.45. The van der Waals surface area contributed by atoms with Crippen LogP contribution in [0.2, 0.25) is 0 Å². The second kappa shape index (κ2) is 13.6. The van der Waals surface area contributed by atoms with Gasteiger partial charge in [0.2, 0.25) is 5.91 Å². The summed E-state index contributed by atoms with van der Waals surface area (Å²) < 4.78 is 14.9. The summed E-state index contributed by atoms with van der Waals surface area (Å²) in [4.78, 5) is 37.5. The minimum Gasteiger partial charge on any atom is -0.508 e. The molecule has 35 heavy (non-hydrogen) atoms. The number of hydrogen-bond donors (Lipinski definition) is 6. The lowest BCUT2D eigenvalue weighted by atomic mass is 10.1. The van der Waals surface area contributed by atoms with Crippen LogP contribution in [0.5, 0.6) is 5.75 Å². The number of hydrogen-bond acceptors (Lipinski definition) is 7. The Hall–Kier alpha value is -3.19. The van der Waals surface area contributed by atoms with Crippen molar-refractivity contribution < 1.29 is 29.0 Å². The fourth-order valence-electron chi connectivity index (χ4n) is 2.79. The lowest BCUT2D eigenvalue weighted by Crippen LogP contribution is -2.41. The highest BCUT2D eigenvalue weighted by Gasteiger charge is 2.15. The molecule has 3 rings (SSSR count). The zero-order chi connectivity index (χ0) is 26.0. The monoisotopic (exact) mass is 615 g/mol. The van der Waals surface area contributed by atoms with Crippen LogP contribution in [0.15, 0.2) is 50.3 Å². The van der Waals surface area contributed by atoms with Crippen molar-refractivity contribution in [2.24, 2.45) is 4.99 Å². The number of rotatable bonds is 6. The van der Waals surface area contributed by atoms with Gasteiger partial charge in [-0.1, -0.05) is 31.9 Å². The third kappa shape index (κ3) is 10.7. The molecule has 1 atom stereocenters. The van der Waals surface area contributed by atoms with E-state index in [1.807, 2.05) is 18.2 Å². The molecule has 1 unspecified atom stereocenters.